The third-order valence-electron chi connectivity index (χ3n) is 3.46. The maximum atomic E-state index is 12.5. The van der Waals surface area contributed by atoms with Crippen molar-refractivity contribution < 1.29 is 27.5 Å². The fraction of sp³-hybridized carbons (Fsp3) is 0.312. The SMILES string of the molecule is N#Cc1ccc(OCC(=O)NNC2=C(C(=O)C(F)(F)F)CCC2)cc1. The van der Waals surface area contributed by atoms with Gasteiger partial charge in [-0.05, 0) is 43.5 Å². The summed E-state index contributed by atoms with van der Waals surface area (Å²) in [5, 5.41) is 8.67. The highest BCUT2D eigenvalue weighted by Crippen LogP contribution is 2.30. The Labute approximate surface area is 141 Å². The van der Waals surface area contributed by atoms with E-state index in [1.807, 2.05) is 6.07 Å². The van der Waals surface area contributed by atoms with Crippen molar-refractivity contribution in [1.29, 1.82) is 5.26 Å². The van der Waals surface area contributed by atoms with E-state index in [0.29, 0.717) is 17.7 Å². The van der Waals surface area contributed by atoms with Gasteiger partial charge >= 0.3 is 6.18 Å². The van der Waals surface area contributed by atoms with Gasteiger partial charge in [-0.25, -0.2) is 0 Å². The normalized spacial score (nSPS) is 14.0. The number of allylic oxidation sites excluding steroid dienone is 2. The zero-order valence-electron chi connectivity index (χ0n) is 12.9. The number of halogens is 3. The molecule has 6 nitrogen and oxygen atoms in total. The number of Topliss-reactive ketones (excluding diaryl/α,β-unsaturated/α-hetero) is 1. The Balaban J connectivity index is 1.86. The Morgan fingerprint density at radius 3 is 2.48 bits per heavy atom. The number of hydrogen-bond acceptors (Lipinski definition) is 5. The Bertz CT molecular complexity index is 734. The zero-order chi connectivity index (χ0) is 18.4. The summed E-state index contributed by atoms with van der Waals surface area (Å²) < 4.78 is 42.7. The van der Waals surface area contributed by atoms with E-state index in [4.69, 9.17) is 10.00 Å². The van der Waals surface area contributed by atoms with E-state index in [1.54, 1.807) is 0 Å². The molecule has 0 aliphatic heterocycles. The molecule has 0 bridgehead atoms. The summed E-state index contributed by atoms with van der Waals surface area (Å²) in [7, 11) is 0. The highest BCUT2D eigenvalue weighted by molar-refractivity contribution is 6.00. The summed E-state index contributed by atoms with van der Waals surface area (Å²) in [4.78, 5) is 23.0. The molecule has 9 heteroatoms. The molecule has 1 aromatic carbocycles. The van der Waals surface area contributed by atoms with Crippen LogP contribution in [0.2, 0.25) is 0 Å². The Morgan fingerprint density at radius 2 is 1.88 bits per heavy atom. The first kappa shape index (κ1) is 18.3. The maximum Gasteiger partial charge on any atom is 0.454 e. The Morgan fingerprint density at radius 1 is 1.20 bits per heavy atom. The van der Waals surface area contributed by atoms with Gasteiger partial charge in [0.25, 0.3) is 11.7 Å². The predicted molar refractivity (Wildman–Crippen MR) is 79.9 cm³/mol. The molecule has 132 valence electrons. The van der Waals surface area contributed by atoms with Crippen LogP contribution in [0.4, 0.5) is 13.2 Å². The van der Waals surface area contributed by atoms with Crippen LogP contribution in [-0.2, 0) is 9.59 Å². The van der Waals surface area contributed by atoms with E-state index in [2.05, 4.69) is 10.9 Å². The molecule has 0 fully saturated rings. The number of hydrogen-bond donors (Lipinski definition) is 2. The van der Waals surface area contributed by atoms with Crippen LogP contribution in [0.1, 0.15) is 24.8 Å². The molecule has 0 heterocycles. The molecular weight excluding hydrogens is 339 g/mol. The fourth-order valence-electron chi connectivity index (χ4n) is 2.26. The van der Waals surface area contributed by atoms with Crippen LogP contribution in [0.25, 0.3) is 0 Å². The number of ketones is 1. The fourth-order valence-corrected chi connectivity index (χ4v) is 2.26. The average Bonchev–Trinajstić information content (AvgIpc) is 3.05. The molecule has 0 radical (unpaired) electrons. The molecule has 0 saturated heterocycles. The minimum atomic E-state index is -4.94. The lowest BCUT2D eigenvalue weighted by Crippen LogP contribution is -2.40. The summed E-state index contributed by atoms with van der Waals surface area (Å²) >= 11 is 0. The summed E-state index contributed by atoms with van der Waals surface area (Å²) in [5.74, 6) is -2.15. The topological polar surface area (TPSA) is 91.2 Å². The van der Waals surface area contributed by atoms with Crippen LogP contribution in [0, 0.1) is 11.3 Å². The third kappa shape index (κ3) is 4.97. The molecule has 1 aromatic rings. The van der Waals surface area contributed by atoms with Gasteiger partial charge in [-0.15, -0.1) is 0 Å². The number of carbonyl (C=O) groups is 2. The summed E-state index contributed by atoms with van der Waals surface area (Å²) in [5.41, 5.74) is 4.73. The molecule has 1 amide bonds. The lowest BCUT2D eigenvalue weighted by molar-refractivity contribution is -0.166. The molecule has 0 spiro atoms. The van der Waals surface area contributed by atoms with Gasteiger partial charge in [-0.1, -0.05) is 0 Å². The van der Waals surface area contributed by atoms with Crippen molar-refractivity contribution in [3.63, 3.8) is 0 Å². The number of carbonyl (C=O) groups excluding carboxylic acids is 2. The van der Waals surface area contributed by atoms with Crippen molar-refractivity contribution >= 4 is 11.7 Å². The first-order valence-corrected chi connectivity index (χ1v) is 7.32. The van der Waals surface area contributed by atoms with Gasteiger partial charge in [0, 0.05) is 11.3 Å². The zero-order valence-corrected chi connectivity index (χ0v) is 12.9. The van der Waals surface area contributed by atoms with Crippen molar-refractivity contribution in [3.8, 4) is 11.8 Å². The van der Waals surface area contributed by atoms with Crippen molar-refractivity contribution in [1.82, 2.24) is 10.9 Å². The Hall–Kier alpha value is -3.02. The first-order valence-electron chi connectivity index (χ1n) is 7.32. The van der Waals surface area contributed by atoms with Gasteiger partial charge in [0.2, 0.25) is 0 Å². The molecule has 1 aliphatic rings. The van der Waals surface area contributed by atoms with Gasteiger partial charge < -0.3 is 10.2 Å². The van der Waals surface area contributed by atoms with E-state index in [1.165, 1.54) is 24.3 Å². The van der Waals surface area contributed by atoms with E-state index in [9.17, 15) is 22.8 Å². The van der Waals surface area contributed by atoms with Crippen LogP contribution in [0.5, 0.6) is 5.75 Å². The van der Waals surface area contributed by atoms with E-state index >= 15 is 0 Å². The Kier molecular flexibility index (Phi) is 5.64. The minimum Gasteiger partial charge on any atom is -0.484 e. The van der Waals surface area contributed by atoms with E-state index in [0.717, 1.165) is 0 Å². The summed E-state index contributed by atoms with van der Waals surface area (Å²) in [6.07, 6.45) is -4.28. The monoisotopic (exact) mass is 353 g/mol. The second kappa shape index (κ2) is 7.70. The number of nitrogens with one attached hydrogen (secondary N) is 2. The van der Waals surface area contributed by atoms with E-state index in [-0.39, 0.29) is 30.7 Å². The lowest BCUT2D eigenvalue weighted by atomic mass is 10.1. The molecule has 2 N–H and O–H groups in total. The highest BCUT2D eigenvalue weighted by atomic mass is 19.4. The second-order valence-corrected chi connectivity index (χ2v) is 5.24. The largest absolute Gasteiger partial charge is 0.484 e. The predicted octanol–water partition coefficient (Wildman–Crippen LogP) is 2.13. The van der Waals surface area contributed by atoms with Crippen molar-refractivity contribution in [3.05, 3.63) is 41.1 Å². The number of benzene rings is 1. The standard InChI is InChI=1S/C16H14F3N3O3/c17-16(18,19)15(24)12-2-1-3-13(12)21-22-14(23)9-25-11-6-4-10(8-20)5-7-11/h4-7,21H,1-3,9H2,(H,22,23). The van der Waals surface area contributed by atoms with Crippen LogP contribution in [-0.4, -0.2) is 24.5 Å². The van der Waals surface area contributed by atoms with Gasteiger partial charge in [0.1, 0.15) is 5.75 Å². The van der Waals surface area contributed by atoms with Gasteiger partial charge in [0.15, 0.2) is 6.61 Å². The number of nitriles is 1. The van der Waals surface area contributed by atoms with Crippen LogP contribution >= 0.6 is 0 Å². The molecule has 0 saturated carbocycles. The van der Waals surface area contributed by atoms with Crippen LogP contribution < -0.4 is 15.6 Å². The number of hydrazine groups is 1. The minimum absolute atomic E-state index is 0.0122. The van der Waals surface area contributed by atoms with Crippen molar-refractivity contribution in [2.45, 2.75) is 25.4 Å². The van der Waals surface area contributed by atoms with Gasteiger partial charge in [-0.2, -0.15) is 18.4 Å². The second-order valence-electron chi connectivity index (χ2n) is 5.24. The van der Waals surface area contributed by atoms with Gasteiger partial charge in [0.05, 0.1) is 11.6 Å². The third-order valence-corrected chi connectivity index (χ3v) is 3.46. The average molecular weight is 353 g/mol. The highest BCUT2D eigenvalue weighted by Gasteiger charge is 2.42. The quantitative estimate of drug-likeness (QED) is 0.765. The summed E-state index contributed by atoms with van der Waals surface area (Å²) in [6, 6.07) is 8.00. The van der Waals surface area contributed by atoms with Crippen molar-refractivity contribution in [2.24, 2.45) is 0 Å². The molecule has 0 unspecified atom stereocenters. The number of alkyl halides is 3. The lowest BCUT2D eigenvalue weighted by Gasteiger charge is -2.13. The molecule has 0 atom stereocenters. The van der Waals surface area contributed by atoms with Crippen LogP contribution in [0.15, 0.2) is 35.5 Å². The maximum absolute atomic E-state index is 12.5. The smallest absolute Gasteiger partial charge is 0.454 e. The molecular formula is C16H14F3N3O3. The molecule has 1 aliphatic carbocycles. The number of nitrogens with zero attached hydrogens (tertiary/aromatic N) is 1. The first-order chi connectivity index (χ1) is 11.8. The molecule has 25 heavy (non-hydrogen) atoms. The molecule has 2 rings (SSSR count). The van der Waals surface area contributed by atoms with Gasteiger partial charge in [-0.3, -0.25) is 15.0 Å². The summed E-state index contributed by atoms with van der Waals surface area (Å²) in [6.45, 7) is -0.380. The number of amides is 1. The van der Waals surface area contributed by atoms with Crippen molar-refractivity contribution in [2.75, 3.05) is 6.61 Å². The van der Waals surface area contributed by atoms with E-state index < -0.39 is 17.9 Å². The number of ether oxygens (including phenoxy) is 1. The van der Waals surface area contributed by atoms with Crippen LogP contribution in [0.3, 0.4) is 0 Å². The number of rotatable bonds is 6. The molecule has 0 aromatic heterocycles.